The second-order valence-corrected chi connectivity index (χ2v) is 5.17. The second-order valence-electron chi connectivity index (χ2n) is 5.17. The molecule has 1 aromatic rings. The minimum Gasteiger partial charge on any atom is -0.409 e. The van der Waals surface area contributed by atoms with Crippen molar-refractivity contribution in [2.45, 2.75) is 38.6 Å². The van der Waals surface area contributed by atoms with Gasteiger partial charge in [0, 0.05) is 18.9 Å². The number of carbonyl (C=O) groups excluding carboxylic acids is 1. The van der Waals surface area contributed by atoms with Crippen LogP contribution in [0, 0.1) is 5.41 Å². The van der Waals surface area contributed by atoms with Gasteiger partial charge in [-0.3, -0.25) is 9.78 Å². The number of pyridine rings is 1. The molecule has 2 rings (SSSR count). The van der Waals surface area contributed by atoms with Crippen LogP contribution in [0.25, 0.3) is 0 Å². The molecule has 0 radical (unpaired) electrons. The molecular weight excluding hydrogens is 256 g/mol. The fourth-order valence-corrected chi connectivity index (χ4v) is 2.70. The van der Waals surface area contributed by atoms with Gasteiger partial charge in [-0.1, -0.05) is 24.4 Å². The topological polar surface area (TPSA) is 101 Å². The predicted octanol–water partition coefficient (Wildman–Crippen LogP) is 1.39. The zero-order valence-electron chi connectivity index (χ0n) is 11.4. The van der Waals surface area contributed by atoms with Gasteiger partial charge in [0.15, 0.2) is 5.84 Å². The lowest BCUT2D eigenvalue weighted by molar-refractivity contribution is -0.129. The van der Waals surface area contributed by atoms with Crippen LogP contribution in [0.2, 0.25) is 0 Å². The van der Waals surface area contributed by atoms with E-state index in [0.717, 1.165) is 24.8 Å². The number of amides is 1. The zero-order valence-corrected chi connectivity index (χ0v) is 11.4. The quantitative estimate of drug-likeness (QED) is 0.335. The highest BCUT2D eigenvalue weighted by Gasteiger charge is 2.43. The van der Waals surface area contributed by atoms with Crippen LogP contribution in [-0.2, 0) is 11.3 Å². The van der Waals surface area contributed by atoms with Crippen LogP contribution in [0.3, 0.4) is 0 Å². The molecule has 1 heterocycles. The van der Waals surface area contributed by atoms with Crippen molar-refractivity contribution in [2.75, 3.05) is 0 Å². The summed E-state index contributed by atoms with van der Waals surface area (Å²) >= 11 is 0. The van der Waals surface area contributed by atoms with Crippen LogP contribution in [0.15, 0.2) is 29.7 Å². The molecule has 0 unspecified atom stereocenters. The number of rotatable bonds is 4. The van der Waals surface area contributed by atoms with Gasteiger partial charge >= 0.3 is 0 Å². The Morgan fingerprint density at radius 1 is 1.35 bits per heavy atom. The highest BCUT2D eigenvalue weighted by molar-refractivity contribution is 6.06. The number of hydrogen-bond acceptors (Lipinski definition) is 4. The van der Waals surface area contributed by atoms with Gasteiger partial charge in [-0.2, -0.15) is 0 Å². The maximum atomic E-state index is 12.5. The number of nitrogens with one attached hydrogen (secondary N) is 1. The Morgan fingerprint density at radius 3 is 2.60 bits per heavy atom. The van der Waals surface area contributed by atoms with E-state index < -0.39 is 5.41 Å². The highest BCUT2D eigenvalue weighted by atomic mass is 16.4. The molecule has 6 nitrogen and oxygen atoms in total. The summed E-state index contributed by atoms with van der Waals surface area (Å²) in [4.78, 5) is 16.4. The van der Waals surface area contributed by atoms with Crippen molar-refractivity contribution >= 4 is 11.7 Å². The first kappa shape index (κ1) is 14.3. The van der Waals surface area contributed by atoms with Gasteiger partial charge in [0.05, 0.1) is 0 Å². The van der Waals surface area contributed by atoms with Crippen LogP contribution in [0.5, 0.6) is 0 Å². The van der Waals surface area contributed by atoms with Crippen molar-refractivity contribution in [1.82, 2.24) is 10.3 Å². The molecule has 0 spiro atoms. The molecule has 0 bridgehead atoms. The first-order chi connectivity index (χ1) is 9.69. The Kier molecular flexibility index (Phi) is 4.55. The largest absolute Gasteiger partial charge is 0.409 e. The molecule has 0 atom stereocenters. The van der Waals surface area contributed by atoms with E-state index in [1.807, 2.05) is 12.1 Å². The van der Waals surface area contributed by atoms with Crippen LogP contribution >= 0.6 is 0 Å². The van der Waals surface area contributed by atoms with Gasteiger partial charge in [0.2, 0.25) is 5.91 Å². The van der Waals surface area contributed by atoms with Crippen LogP contribution in [-0.4, -0.2) is 21.9 Å². The molecule has 108 valence electrons. The number of amidine groups is 1. The molecule has 6 heteroatoms. The normalized spacial score (nSPS) is 18.5. The first-order valence-corrected chi connectivity index (χ1v) is 6.84. The summed E-state index contributed by atoms with van der Waals surface area (Å²) in [6, 6.07) is 3.69. The van der Waals surface area contributed by atoms with Gasteiger partial charge in [-0.05, 0) is 30.5 Å². The Bertz CT molecular complexity index is 481. The number of oxime groups is 1. The van der Waals surface area contributed by atoms with Gasteiger partial charge in [0.1, 0.15) is 5.41 Å². The van der Waals surface area contributed by atoms with E-state index >= 15 is 0 Å². The van der Waals surface area contributed by atoms with Crippen molar-refractivity contribution in [1.29, 1.82) is 0 Å². The van der Waals surface area contributed by atoms with Gasteiger partial charge in [-0.25, -0.2) is 0 Å². The SMILES string of the molecule is NC(=NO)C1(C(=O)NCc2ccncc2)CCCCC1. The minimum atomic E-state index is -0.861. The molecule has 4 N–H and O–H groups in total. The molecular formula is C14H20N4O2. The molecule has 1 fully saturated rings. The Hall–Kier alpha value is -2.11. The molecule has 0 aromatic carbocycles. The van der Waals surface area contributed by atoms with Gasteiger partial charge < -0.3 is 16.3 Å². The van der Waals surface area contributed by atoms with E-state index in [-0.39, 0.29) is 11.7 Å². The summed E-state index contributed by atoms with van der Waals surface area (Å²) in [6.45, 7) is 0.418. The first-order valence-electron chi connectivity index (χ1n) is 6.84. The lowest BCUT2D eigenvalue weighted by Gasteiger charge is -2.34. The van der Waals surface area contributed by atoms with Crippen molar-refractivity contribution in [3.05, 3.63) is 30.1 Å². The number of carbonyl (C=O) groups is 1. The summed E-state index contributed by atoms with van der Waals surface area (Å²) in [6.07, 6.45) is 7.54. The summed E-state index contributed by atoms with van der Waals surface area (Å²) in [5.74, 6) is -0.145. The molecule has 1 aromatic heterocycles. The average molecular weight is 276 g/mol. The van der Waals surface area contributed by atoms with Crippen molar-refractivity contribution < 1.29 is 10.0 Å². The number of aromatic nitrogens is 1. The number of hydrogen-bond donors (Lipinski definition) is 3. The van der Waals surface area contributed by atoms with Crippen molar-refractivity contribution in [3.63, 3.8) is 0 Å². The number of nitrogens with zero attached hydrogens (tertiary/aromatic N) is 2. The summed E-state index contributed by atoms with van der Waals surface area (Å²) in [5.41, 5.74) is 5.89. The van der Waals surface area contributed by atoms with Gasteiger partial charge in [0.25, 0.3) is 0 Å². The van der Waals surface area contributed by atoms with Crippen molar-refractivity contribution in [2.24, 2.45) is 16.3 Å². The lowest BCUT2D eigenvalue weighted by Crippen LogP contribution is -2.50. The molecule has 1 aliphatic rings. The maximum Gasteiger partial charge on any atom is 0.234 e. The Balaban J connectivity index is 2.07. The molecule has 0 aliphatic heterocycles. The van der Waals surface area contributed by atoms with Crippen LogP contribution in [0.1, 0.15) is 37.7 Å². The lowest BCUT2D eigenvalue weighted by atomic mass is 9.72. The predicted molar refractivity (Wildman–Crippen MR) is 75.0 cm³/mol. The molecule has 0 saturated heterocycles. The standard InChI is InChI=1S/C14H20N4O2/c15-12(18-20)14(6-2-1-3-7-14)13(19)17-10-11-4-8-16-9-5-11/h4-5,8-9,20H,1-3,6-7,10H2,(H2,15,18)(H,17,19). The smallest absolute Gasteiger partial charge is 0.234 e. The molecule has 1 aliphatic carbocycles. The summed E-state index contributed by atoms with van der Waals surface area (Å²) in [5, 5.41) is 14.9. The third-order valence-electron chi connectivity index (χ3n) is 3.94. The highest BCUT2D eigenvalue weighted by Crippen LogP contribution is 2.36. The summed E-state index contributed by atoms with van der Waals surface area (Å²) in [7, 11) is 0. The summed E-state index contributed by atoms with van der Waals surface area (Å²) < 4.78 is 0. The second kappa shape index (κ2) is 6.36. The van der Waals surface area contributed by atoms with Gasteiger partial charge in [-0.15, -0.1) is 0 Å². The van der Waals surface area contributed by atoms with E-state index in [1.54, 1.807) is 12.4 Å². The van der Waals surface area contributed by atoms with Crippen LogP contribution < -0.4 is 11.1 Å². The number of nitrogens with two attached hydrogens (primary N) is 1. The van der Waals surface area contributed by atoms with E-state index in [4.69, 9.17) is 10.9 Å². The molecule has 20 heavy (non-hydrogen) atoms. The minimum absolute atomic E-state index is 0.0180. The Labute approximate surface area is 118 Å². The molecule has 1 saturated carbocycles. The monoisotopic (exact) mass is 276 g/mol. The zero-order chi connectivity index (χ0) is 14.4. The fourth-order valence-electron chi connectivity index (χ4n) is 2.70. The van der Waals surface area contributed by atoms with E-state index in [9.17, 15) is 4.79 Å². The third-order valence-corrected chi connectivity index (χ3v) is 3.94. The third kappa shape index (κ3) is 2.89. The Morgan fingerprint density at radius 2 is 2.00 bits per heavy atom. The van der Waals surface area contributed by atoms with Crippen molar-refractivity contribution in [3.8, 4) is 0 Å². The van der Waals surface area contributed by atoms with E-state index in [2.05, 4.69) is 15.5 Å². The van der Waals surface area contributed by atoms with E-state index in [1.165, 1.54) is 0 Å². The van der Waals surface area contributed by atoms with E-state index in [0.29, 0.717) is 19.4 Å². The molecule has 1 amide bonds. The van der Waals surface area contributed by atoms with Crippen LogP contribution in [0.4, 0.5) is 0 Å². The fraction of sp³-hybridized carbons (Fsp3) is 0.500. The average Bonchev–Trinajstić information content (AvgIpc) is 2.53. The maximum absolute atomic E-state index is 12.5.